The largest absolute Gasteiger partial charge is 0.448 e. The molecule has 0 saturated carbocycles. The summed E-state index contributed by atoms with van der Waals surface area (Å²) < 4.78 is 18.8. The minimum atomic E-state index is -1.22. The molecule has 1 atom stereocenters. The summed E-state index contributed by atoms with van der Waals surface area (Å²) in [5.74, 6) is -2.32. The number of halogens is 2. The first-order chi connectivity index (χ1) is 12.8. The zero-order valence-corrected chi connectivity index (χ0v) is 14.8. The maximum absolute atomic E-state index is 13.7. The van der Waals surface area contributed by atoms with E-state index in [1.165, 1.54) is 25.1 Å². The van der Waals surface area contributed by atoms with Crippen molar-refractivity contribution in [3.05, 3.63) is 75.4 Å². The lowest BCUT2D eigenvalue weighted by Gasteiger charge is -2.14. The van der Waals surface area contributed by atoms with Crippen molar-refractivity contribution in [3.63, 3.8) is 0 Å². The standard InChI is InChI=1S/C19H14ClFN2O4/c1-10(17(24)22-15-7-6-12(20)9-14(15)21)27-19(26)16-8-11-4-2-3-5-13(11)18(25)23-16/h2-10H,1H3,(H,22,24)(H,23,25)/t10-/m0/s1. The number of hydrogen-bond donors (Lipinski definition) is 2. The molecule has 0 radical (unpaired) electrons. The summed E-state index contributed by atoms with van der Waals surface area (Å²) in [5.41, 5.74) is -0.622. The Morgan fingerprint density at radius 1 is 1.19 bits per heavy atom. The van der Waals surface area contributed by atoms with Gasteiger partial charge in [-0.15, -0.1) is 0 Å². The number of nitrogens with one attached hydrogen (secondary N) is 2. The lowest BCUT2D eigenvalue weighted by molar-refractivity contribution is -0.123. The van der Waals surface area contributed by atoms with E-state index in [0.29, 0.717) is 10.8 Å². The molecule has 0 fully saturated rings. The van der Waals surface area contributed by atoms with Gasteiger partial charge in [-0.05, 0) is 42.6 Å². The summed E-state index contributed by atoms with van der Waals surface area (Å²) in [7, 11) is 0. The number of aromatic amines is 1. The number of aromatic nitrogens is 1. The molecular formula is C19H14ClFN2O4. The molecule has 1 heterocycles. The van der Waals surface area contributed by atoms with Crippen LogP contribution in [0.2, 0.25) is 5.02 Å². The Bertz CT molecular complexity index is 1100. The Morgan fingerprint density at radius 2 is 1.93 bits per heavy atom. The molecule has 138 valence electrons. The van der Waals surface area contributed by atoms with Crippen molar-refractivity contribution in [1.82, 2.24) is 4.98 Å². The number of ether oxygens (including phenoxy) is 1. The van der Waals surface area contributed by atoms with E-state index in [-0.39, 0.29) is 16.4 Å². The number of hydrogen-bond acceptors (Lipinski definition) is 4. The van der Waals surface area contributed by atoms with Gasteiger partial charge in [-0.25, -0.2) is 9.18 Å². The van der Waals surface area contributed by atoms with Crippen molar-refractivity contribution in [2.75, 3.05) is 5.32 Å². The summed E-state index contributed by atoms with van der Waals surface area (Å²) in [6.07, 6.45) is -1.22. The van der Waals surface area contributed by atoms with Crippen LogP contribution in [0.3, 0.4) is 0 Å². The number of amides is 1. The van der Waals surface area contributed by atoms with Gasteiger partial charge in [-0.2, -0.15) is 0 Å². The molecule has 2 aromatic carbocycles. The Kier molecular flexibility index (Phi) is 5.23. The van der Waals surface area contributed by atoms with Gasteiger partial charge < -0.3 is 15.0 Å². The van der Waals surface area contributed by atoms with Gasteiger partial charge >= 0.3 is 5.97 Å². The number of fused-ring (bicyclic) bond motifs is 1. The molecule has 0 saturated heterocycles. The van der Waals surface area contributed by atoms with E-state index in [1.54, 1.807) is 24.3 Å². The molecule has 6 nitrogen and oxygen atoms in total. The fraction of sp³-hybridized carbons (Fsp3) is 0.105. The molecule has 0 aliphatic rings. The van der Waals surface area contributed by atoms with Crippen LogP contribution in [-0.4, -0.2) is 23.0 Å². The van der Waals surface area contributed by atoms with Crippen LogP contribution in [0.4, 0.5) is 10.1 Å². The fourth-order valence-electron chi connectivity index (χ4n) is 2.42. The highest BCUT2D eigenvalue weighted by Gasteiger charge is 2.21. The molecule has 27 heavy (non-hydrogen) atoms. The highest BCUT2D eigenvalue weighted by molar-refractivity contribution is 6.30. The van der Waals surface area contributed by atoms with Crippen LogP contribution in [0.15, 0.2) is 53.3 Å². The molecule has 8 heteroatoms. The van der Waals surface area contributed by atoms with Crippen LogP contribution >= 0.6 is 11.6 Å². The van der Waals surface area contributed by atoms with E-state index in [2.05, 4.69) is 10.3 Å². The van der Waals surface area contributed by atoms with Gasteiger partial charge in [0, 0.05) is 10.4 Å². The summed E-state index contributed by atoms with van der Waals surface area (Å²) in [5, 5.41) is 3.49. The van der Waals surface area contributed by atoms with Crippen LogP contribution in [0.1, 0.15) is 17.4 Å². The lowest BCUT2D eigenvalue weighted by Crippen LogP contribution is -2.31. The minimum Gasteiger partial charge on any atom is -0.448 e. The third-order valence-electron chi connectivity index (χ3n) is 3.82. The van der Waals surface area contributed by atoms with Crippen molar-refractivity contribution >= 4 is 39.9 Å². The second-order valence-electron chi connectivity index (χ2n) is 5.76. The number of esters is 1. The SMILES string of the molecule is C[C@H](OC(=O)c1cc2ccccc2c(=O)[nH]1)C(=O)Nc1ccc(Cl)cc1F. The van der Waals surface area contributed by atoms with Gasteiger partial charge in [-0.3, -0.25) is 9.59 Å². The van der Waals surface area contributed by atoms with Crippen molar-refractivity contribution in [3.8, 4) is 0 Å². The summed E-state index contributed by atoms with van der Waals surface area (Å²) in [6.45, 7) is 1.33. The predicted octanol–water partition coefficient (Wildman–Crippen LogP) is 3.50. The second kappa shape index (κ2) is 7.59. The number of rotatable bonds is 4. The molecule has 2 N–H and O–H groups in total. The average Bonchev–Trinajstić information content (AvgIpc) is 2.63. The maximum Gasteiger partial charge on any atom is 0.355 e. The zero-order valence-electron chi connectivity index (χ0n) is 14.1. The summed E-state index contributed by atoms with van der Waals surface area (Å²) >= 11 is 5.66. The molecule has 3 aromatic rings. The van der Waals surface area contributed by atoms with Gasteiger partial charge in [0.25, 0.3) is 11.5 Å². The van der Waals surface area contributed by atoms with Gasteiger partial charge in [0.2, 0.25) is 0 Å². The first-order valence-electron chi connectivity index (χ1n) is 7.94. The molecule has 0 aliphatic heterocycles. The number of pyridine rings is 1. The molecule has 0 aliphatic carbocycles. The molecule has 1 aromatic heterocycles. The van der Waals surface area contributed by atoms with Crippen LogP contribution in [0, 0.1) is 5.82 Å². The number of carbonyl (C=O) groups excluding carboxylic acids is 2. The number of H-pyrrole nitrogens is 1. The normalized spacial score (nSPS) is 11.8. The molecular weight excluding hydrogens is 375 g/mol. The van der Waals surface area contributed by atoms with Gasteiger partial charge in [0.15, 0.2) is 6.10 Å². The summed E-state index contributed by atoms with van der Waals surface area (Å²) in [4.78, 5) is 38.8. The quantitative estimate of drug-likeness (QED) is 0.669. The smallest absolute Gasteiger partial charge is 0.355 e. The number of benzene rings is 2. The second-order valence-corrected chi connectivity index (χ2v) is 6.20. The van der Waals surface area contributed by atoms with E-state index in [4.69, 9.17) is 16.3 Å². The van der Waals surface area contributed by atoms with E-state index in [9.17, 15) is 18.8 Å². The van der Waals surface area contributed by atoms with E-state index in [1.807, 2.05) is 0 Å². The Balaban J connectivity index is 1.73. The third-order valence-corrected chi connectivity index (χ3v) is 4.05. The Hall–Kier alpha value is -3.19. The van der Waals surface area contributed by atoms with Crippen LogP contribution in [0.25, 0.3) is 10.8 Å². The lowest BCUT2D eigenvalue weighted by atomic mass is 10.1. The topological polar surface area (TPSA) is 88.3 Å². The van der Waals surface area contributed by atoms with Gasteiger partial charge in [0.05, 0.1) is 5.69 Å². The van der Waals surface area contributed by atoms with Crippen LogP contribution in [0.5, 0.6) is 0 Å². The minimum absolute atomic E-state index is 0.0870. The predicted molar refractivity (Wildman–Crippen MR) is 99.5 cm³/mol. The van der Waals surface area contributed by atoms with E-state index in [0.717, 1.165) is 6.07 Å². The van der Waals surface area contributed by atoms with E-state index < -0.39 is 29.4 Å². The van der Waals surface area contributed by atoms with Gasteiger partial charge in [-0.1, -0.05) is 29.8 Å². The Labute approximate surface area is 157 Å². The van der Waals surface area contributed by atoms with Crippen molar-refractivity contribution in [2.45, 2.75) is 13.0 Å². The summed E-state index contributed by atoms with van der Waals surface area (Å²) in [6, 6.07) is 12.0. The fourth-order valence-corrected chi connectivity index (χ4v) is 2.58. The highest BCUT2D eigenvalue weighted by Crippen LogP contribution is 2.19. The van der Waals surface area contributed by atoms with Crippen LogP contribution < -0.4 is 10.9 Å². The van der Waals surface area contributed by atoms with Crippen molar-refractivity contribution in [1.29, 1.82) is 0 Å². The third kappa shape index (κ3) is 4.15. The monoisotopic (exact) mass is 388 g/mol. The molecule has 0 bridgehead atoms. The maximum atomic E-state index is 13.7. The average molecular weight is 389 g/mol. The first-order valence-corrected chi connectivity index (χ1v) is 8.32. The number of carbonyl (C=O) groups is 2. The van der Waals surface area contributed by atoms with E-state index >= 15 is 0 Å². The van der Waals surface area contributed by atoms with Crippen molar-refractivity contribution < 1.29 is 18.7 Å². The van der Waals surface area contributed by atoms with Crippen LogP contribution in [-0.2, 0) is 9.53 Å². The molecule has 0 unspecified atom stereocenters. The highest BCUT2D eigenvalue weighted by atomic mass is 35.5. The molecule has 3 rings (SSSR count). The molecule has 1 amide bonds. The Morgan fingerprint density at radius 3 is 2.67 bits per heavy atom. The zero-order chi connectivity index (χ0) is 19.6. The van der Waals surface area contributed by atoms with Gasteiger partial charge in [0.1, 0.15) is 11.5 Å². The van der Waals surface area contributed by atoms with Crippen molar-refractivity contribution in [2.24, 2.45) is 0 Å². The molecule has 0 spiro atoms. The number of anilines is 1. The first kappa shape index (κ1) is 18.6.